The molecule has 1 N–H and O–H groups in total. The predicted molar refractivity (Wildman–Crippen MR) is 78.3 cm³/mol. The average molecular weight is 289 g/mol. The van der Waals surface area contributed by atoms with Crippen molar-refractivity contribution in [3.05, 3.63) is 35.4 Å². The average Bonchev–Trinajstić information content (AvgIpc) is 2.83. The Labute approximate surface area is 123 Å². The molecule has 0 fully saturated rings. The summed E-state index contributed by atoms with van der Waals surface area (Å²) in [4.78, 5) is 15.3. The highest BCUT2D eigenvalue weighted by Crippen LogP contribution is 2.26. The molecule has 0 aliphatic rings. The van der Waals surface area contributed by atoms with E-state index in [0.29, 0.717) is 5.82 Å². The SMILES string of the molecule is COc1ccc(-n2nc(C(=O)O)nc2C(C)(C)C)cc1C. The Bertz CT molecular complexity index is 684. The molecule has 0 bridgehead atoms. The van der Waals surface area contributed by atoms with Gasteiger partial charge in [-0.1, -0.05) is 20.8 Å². The molecular weight excluding hydrogens is 270 g/mol. The van der Waals surface area contributed by atoms with E-state index in [2.05, 4.69) is 10.1 Å². The van der Waals surface area contributed by atoms with Gasteiger partial charge < -0.3 is 9.84 Å². The maximum atomic E-state index is 11.1. The van der Waals surface area contributed by atoms with Crippen LogP contribution in [0.5, 0.6) is 5.75 Å². The molecule has 0 unspecified atom stereocenters. The highest BCUT2D eigenvalue weighted by atomic mass is 16.5. The molecule has 0 amide bonds. The summed E-state index contributed by atoms with van der Waals surface area (Å²) < 4.78 is 6.82. The van der Waals surface area contributed by atoms with E-state index in [0.717, 1.165) is 17.0 Å². The van der Waals surface area contributed by atoms with Crippen molar-refractivity contribution >= 4 is 5.97 Å². The van der Waals surface area contributed by atoms with Crippen LogP contribution in [0.2, 0.25) is 0 Å². The van der Waals surface area contributed by atoms with Crippen molar-refractivity contribution in [2.24, 2.45) is 0 Å². The van der Waals surface area contributed by atoms with E-state index in [-0.39, 0.29) is 11.2 Å². The summed E-state index contributed by atoms with van der Waals surface area (Å²) in [5, 5.41) is 13.2. The van der Waals surface area contributed by atoms with Crippen LogP contribution >= 0.6 is 0 Å². The molecule has 6 heteroatoms. The maximum absolute atomic E-state index is 11.1. The van der Waals surface area contributed by atoms with Crippen molar-refractivity contribution in [3.63, 3.8) is 0 Å². The molecule has 0 atom stereocenters. The van der Waals surface area contributed by atoms with Gasteiger partial charge in [0.05, 0.1) is 12.8 Å². The van der Waals surface area contributed by atoms with Crippen LogP contribution in [-0.2, 0) is 5.41 Å². The zero-order chi connectivity index (χ0) is 15.8. The number of nitrogens with zero attached hydrogens (tertiary/aromatic N) is 3. The number of aromatic carboxylic acids is 1. The lowest BCUT2D eigenvalue weighted by Gasteiger charge is -2.18. The highest BCUT2D eigenvalue weighted by Gasteiger charge is 2.26. The summed E-state index contributed by atoms with van der Waals surface area (Å²) in [7, 11) is 1.61. The largest absolute Gasteiger partial charge is 0.496 e. The molecule has 2 rings (SSSR count). The topological polar surface area (TPSA) is 77.2 Å². The maximum Gasteiger partial charge on any atom is 0.375 e. The minimum atomic E-state index is -1.13. The summed E-state index contributed by atoms with van der Waals surface area (Å²) >= 11 is 0. The van der Waals surface area contributed by atoms with Crippen molar-refractivity contribution in [1.29, 1.82) is 0 Å². The Kier molecular flexibility index (Phi) is 3.72. The summed E-state index contributed by atoms with van der Waals surface area (Å²) in [6, 6.07) is 5.56. The summed E-state index contributed by atoms with van der Waals surface area (Å²) in [5.41, 5.74) is 1.38. The normalized spacial score (nSPS) is 11.5. The molecule has 112 valence electrons. The van der Waals surface area contributed by atoms with Gasteiger partial charge in [-0.15, -0.1) is 5.10 Å². The van der Waals surface area contributed by atoms with E-state index in [9.17, 15) is 4.79 Å². The number of carboxylic acids is 1. The van der Waals surface area contributed by atoms with Gasteiger partial charge >= 0.3 is 5.97 Å². The lowest BCUT2D eigenvalue weighted by atomic mass is 9.95. The molecular formula is C15H19N3O3. The molecule has 0 saturated heterocycles. The van der Waals surface area contributed by atoms with Crippen molar-refractivity contribution in [3.8, 4) is 11.4 Å². The van der Waals surface area contributed by atoms with Gasteiger partial charge in [0.2, 0.25) is 0 Å². The Morgan fingerprint density at radius 1 is 1.33 bits per heavy atom. The number of aromatic nitrogens is 3. The number of rotatable bonds is 3. The van der Waals surface area contributed by atoms with Gasteiger partial charge in [-0.05, 0) is 30.7 Å². The van der Waals surface area contributed by atoms with Gasteiger partial charge in [0.15, 0.2) is 0 Å². The fourth-order valence-electron chi connectivity index (χ4n) is 2.06. The number of carbonyl (C=O) groups is 1. The smallest absolute Gasteiger partial charge is 0.375 e. The minimum absolute atomic E-state index is 0.201. The quantitative estimate of drug-likeness (QED) is 0.939. The third-order valence-electron chi connectivity index (χ3n) is 3.09. The molecule has 0 aliphatic carbocycles. The second-order valence-corrected chi connectivity index (χ2v) is 5.88. The second kappa shape index (κ2) is 5.20. The Morgan fingerprint density at radius 3 is 2.48 bits per heavy atom. The molecule has 2 aromatic rings. The van der Waals surface area contributed by atoms with Gasteiger partial charge in [-0.25, -0.2) is 14.5 Å². The first-order valence-corrected chi connectivity index (χ1v) is 6.60. The van der Waals surface area contributed by atoms with E-state index in [1.807, 2.05) is 45.9 Å². The van der Waals surface area contributed by atoms with Crippen LogP contribution < -0.4 is 4.74 Å². The third-order valence-corrected chi connectivity index (χ3v) is 3.09. The van der Waals surface area contributed by atoms with Gasteiger partial charge in [-0.2, -0.15) is 0 Å². The van der Waals surface area contributed by atoms with Gasteiger partial charge in [0, 0.05) is 5.41 Å². The van der Waals surface area contributed by atoms with Crippen LogP contribution in [0.3, 0.4) is 0 Å². The molecule has 6 nitrogen and oxygen atoms in total. The third kappa shape index (κ3) is 2.89. The van der Waals surface area contributed by atoms with Crippen LogP contribution in [0.1, 0.15) is 42.8 Å². The first-order valence-electron chi connectivity index (χ1n) is 6.60. The molecule has 0 spiro atoms. The van der Waals surface area contributed by atoms with Crippen molar-refractivity contribution < 1.29 is 14.6 Å². The van der Waals surface area contributed by atoms with Gasteiger partial charge in [-0.3, -0.25) is 0 Å². The number of methoxy groups -OCH3 is 1. The number of carboxylic acid groups (broad SMARTS) is 1. The van der Waals surface area contributed by atoms with E-state index >= 15 is 0 Å². The molecule has 0 aliphatic heterocycles. The van der Waals surface area contributed by atoms with Gasteiger partial charge in [0.1, 0.15) is 11.6 Å². The fraction of sp³-hybridized carbons (Fsp3) is 0.400. The minimum Gasteiger partial charge on any atom is -0.496 e. The van der Waals surface area contributed by atoms with Crippen LogP contribution in [0.15, 0.2) is 18.2 Å². The van der Waals surface area contributed by atoms with Crippen LogP contribution in [-0.4, -0.2) is 33.0 Å². The predicted octanol–water partition coefficient (Wildman–Crippen LogP) is 2.58. The van der Waals surface area contributed by atoms with Crippen molar-refractivity contribution in [2.45, 2.75) is 33.1 Å². The van der Waals surface area contributed by atoms with Gasteiger partial charge in [0.25, 0.3) is 5.82 Å². The first kappa shape index (κ1) is 15.0. The summed E-state index contributed by atoms with van der Waals surface area (Å²) in [6.45, 7) is 7.83. The van der Waals surface area contributed by atoms with Crippen LogP contribution in [0.25, 0.3) is 5.69 Å². The molecule has 0 radical (unpaired) electrons. The second-order valence-electron chi connectivity index (χ2n) is 5.88. The zero-order valence-electron chi connectivity index (χ0n) is 12.8. The van der Waals surface area contributed by atoms with Crippen LogP contribution in [0.4, 0.5) is 0 Å². The van der Waals surface area contributed by atoms with E-state index in [1.165, 1.54) is 0 Å². The molecule has 1 heterocycles. The lowest BCUT2D eigenvalue weighted by Crippen LogP contribution is -2.19. The van der Waals surface area contributed by atoms with Crippen LogP contribution in [0, 0.1) is 6.92 Å². The monoisotopic (exact) mass is 289 g/mol. The number of benzene rings is 1. The van der Waals surface area contributed by atoms with E-state index in [4.69, 9.17) is 9.84 Å². The highest BCUT2D eigenvalue weighted by molar-refractivity contribution is 5.83. The summed E-state index contributed by atoms with van der Waals surface area (Å²) in [5.74, 6) is 0.0389. The molecule has 21 heavy (non-hydrogen) atoms. The number of ether oxygens (including phenoxy) is 1. The Hall–Kier alpha value is -2.37. The Morgan fingerprint density at radius 2 is 2.00 bits per heavy atom. The van der Waals surface area contributed by atoms with Crippen molar-refractivity contribution in [1.82, 2.24) is 14.8 Å². The number of aryl methyl sites for hydroxylation is 1. The molecule has 1 aromatic heterocycles. The summed E-state index contributed by atoms with van der Waals surface area (Å²) in [6.07, 6.45) is 0. The van der Waals surface area contributed by atoms with E-state index < -0.39 is 5.97 Å². The zero-order valence-corrected chi connectivity index (χ0v) is 12.8. The Balaban J connectivity index is 2.62. The van der Waals surface area contributed by atoms with Crippen molar-refractivity contribution in [2.75, 3.05) is 7.11 Å². The molecule has 1 aromatic carbocycles. The first-order chi connectivity index (χ1) is 9.74. The molecule has 0 saturated carbocycles. The number of hydrogen-bond donors (Lipinski definition) is 1. The number of hydrogen-bond acceptors (Lipinski definition) is 4. The fourth-order valence-corrected chi connectivity index (χ4v) is 2.06. The van der Waals surface area contributed by atoms with E-state index in [1.54, 1.807) is 11.8 Å². The lowest BCUT2D eigenvalue weighted by molar-refractivity contribution is 0.0683. The standard InChI is InChI=1S/C15H19N3O3/c1-9-8-10(6-7-11(9)21-5)18-14(15(2,3)4)16-12(17-18)13(19)20/h6-8H,1-5H3,(H,19,20).